The number of hydrogen-bond donors (Lipinski definition) is 1. The smallest absolute Gasteiger partial charge is 0.0223 e. The van der Waals surface area contributed by atoms with Crippen molar-refractivity contribution in [3.05, 3.63) is 0 Å². The van der Waals surface area contributed by atoms with Crippen molar-refractivity contribution in [2.45, 2.75) is 58.0 Å². The zero-order valence-electron chi connectivity index (χ0n) is 13.2. The highest BCUT2D eigenvalue weighted by atomic mass is 15.2. The minimum absolute atomic E-state index is 0.819. The third-order valence-corrected chi connectivity index (χ3v) is 5.18. The van der Waals surface area contributed by atoms with E-state index < -0.39 is 0 Å². The zero-order chi connectivity index (χ0) is 13.7. The first kappa shape index (κ1) is 15.3. The van der Waals surface area contributed by atoms with E-state index in [1.807, 2.05) is 0 Å². The average Bonchev–Trinajstić information content (AvgIpc) is 2.80. The topological polar surface area (TPSA) is 18.5 Å². The van der Waals surface area contributed by atoms with E-state index >= 15 is 0 Å². The van der Waals surface area contributed by atoms with Gasteiger partial charge in [-0.2, -0.15) is 0 Å². The molecule has 2 aliphatic rings. The highest BCUT2D eigenvalue weighted by Gasteiger charge is 2.35. The summed E-state index contributed by atoms with van der Waals surface area (Å²) in [6.45, 7) is 10.8. The van der Waals surface area contributed by atoms with Gasteiger partial charge in [0, 0.05) is 18.6 Å². The van der Waals surface area contributed by atoms with Crippen LogP contribution in [0.25, 0.3) is 0 Å². The molecule has 112 valence electrons. The van der Waals surface area contributed by atoms with Gasteiger partial charge in [0.05, 0.1) is 0 Å². The summed E-state index contributed by atoms with van der Waals surface area (Å²) in [7, 11) is 2.35. The van der Waals surface area contributed by atoms with E-state index in [1.54, 1.807) is 0 Å². The summed E-state index contributed by atoms with van der Waals surface area (Å²) in [5, 5.41) is 3.60. The van der Waals surface area contributed by atoms with Crippen LogP contribution in [0.4, 0.5) is 0 Å². The molecule has 2 fully saturated rings. The SMILES string of the molecule is CCCNCC1CCC1N(C)CC1CCCN1CC. The van der Waals surface area contributed by atoms with Crippen molar-refractivity contribution < 1.29 is 0 Å². The van der Waals surface area contributed by atoms with Crippen LogP contribution in [0.1, 0.15) is 46.0 Å². The maximum absolute atomic E-state index is 3.60. The van der Waals surface area contributed by atoms with Crippen molar-refractivity contribution in [1.29, 1.82) is 0 Å². The van der Waals surface area contributed by atoms with E-state index in [-0.39, 0.29) is 0 Å². The van der Waals surface area contributed by atoms with Crippen molar-refractivity contribution in [2.24, 2.45) is 5.92 Å². The summed E-state index contributed by atoms with van der Waals surface area (Å²) < 4.78 is 0. The third-order valence-electron chi connectivity index (χ3n) is 5.18. The molecule has 3 nitrogen and oxygen atoms in total. The van der Waals surface area contributed by atoms with Gasteiger partial charge in [-0.3, -0.25) is 4.90 Å². The van der Waals surface area contributed by atoms with Crippen LogP contribution in [0.15, 0.2) is 0 Å². The molecular formula is C16H33N3. The Labute approximate surface area is 119 Å². The zero-order valence-corrected chi connectivity index (χ0v) is 13.2. The lowest BCUT2D eigenvalue weighted by molar-refractivity contribution is 0.0630. The molecule has 0 spiro atoms. The summed E-state index contributed by atoms with van der Waals surface area (Å²) >= 11 is 0. The highest BCUT2D eigenvalue weighted by molar-refractivity contribution is 4.91. The standard InChI is InChI=1S/C16H33N3/c1-4-10-17-12-14-8-9-16(14)18(3)13-15-7-6-11-19(15)5-2/h14-17H,4-13H2,1-3H3. The van der Waals surface area contributed by atoms with E-state index in [0.717, 1.165) is 18.0 Å². The van der Waals surface area contributed by atoms with Gasteiger partial charge < -0.3 is 10.2 Å². The van der Waals surface area contributed by atoms with Gasteiger partial charge >= 0.3 is 0 Å². The van der Waals surface area contributed by atoms with Crippen LogP contribution in [0.5, 0.6) is 0 Å². The minimum Gasteiger partial charge on any atom is -0.316 e. The molecule has 2 rings (SSSR count). The Balaban J connectivity index is 1.72. The molecule has 1 aliphatic heterocycles. The van der Waals surface area contributed by atoms with Crippen LogP contribution in [0, 0.1) is 5.92 Å². The van der Waals surface area contributed by atoms with Gasteiger partial charge in [-0.05, 0) is 71.2 Å². The predicted octanol–water partition coefficient (Wildman–Crippen LogP) is 2.18. The number of nitrogens with zero attached hydrogens (tertiary/aromatic N) is 2. The lowest BCUT2D eigenvalue weighted by Crippen LogP contribution is -2.52. The summed E-state index contributed by atoms with van der Waals surface area (Å²) in [6, 6.07) is 1.66. The van der Waals surface area contributed by atoms with Crippen LogP contribution in [0.2, 0.25) is 0 Å². The molecule has 3 atom stereocenters. The molecule has 1 heterocycles. The van der Waals surface area contributed by atoms with Gasteiger partial charge in [0.15, 0.2) is 0 Å². The number of rotatable bonds is 8. The van der Waals surface area contributed by atoms with E-state index in [2.05, 4.69) is 36.0 Å². The fraction of sp³-hybridized carbons (Fsp3) is 1.00. The van der Waals surface area contributed by atoms with Crippen molar-refractivity contribution in [1.82, 2.24) is 15.1 Å². The Morgan fingerprint density at radius 3 is 2.68 bits per heavy atom. The number of nitrogens with one attached hydrogen (secondary N) is 1. The largest absolute Gasteiger partial charge is 0.316 e. The Bertz CT molecular complexity index is 256. The molecule has 1 saturated carbocycles. The maximum Gasteiger partial charge on any atom is 0.0223 e. The van der Waals surface area contributed by atoms with Crippen LogP contribution in [-0.4, -0.2) is 61.7 Å². The van der Waals surface area contributed by atoms with Gasteiger partial charge in [0.25, 0.3) is 0 Å². The van der Waals surface area contributed by atoms with E-state index in [0.29, 0.717) is 0 Å². The molecule has 0 aromatic heterocycles. The maximum atomic E-state index is 3.60. The molecule has 1 aliphatic carbocycles. The van der Waals surface area contributed by atoms with Crippen LogP contribution < -0.4 is 5.32 Å². The molecule has 0 radical (unpaired) electrons. The lowest BCUT2D eigenvalue weighted by Gasteiger charge is -2.44. The van der Waals surface area contributed by atoms with Crippen LogP contribution in [0.3, 0.4) is 0 Å². The Morgan fingerprint density at radius 1 is 1.21 bits per heavy atom. The van der Waals surface area contributed by atoms with Gasteiger partial charge in [0.1, 0.15) is 0 Å². The minimum atomic E-state index is 0.819. The number of likely N-dealkylation sites (tertiary alicyclic amines) is 1. The van der Waals surface area contributed by atoms with Crippen molar-refractivity contribution in [2.75, 3.05) is 39.8 Å². The second-order valence-corrected chi connectivity index (χ2v) is 6.47. The van der Waals surface area contributed by atoms with Gasteiger partial charge in [-0.25, -0.2) is 0 Å². The second kappa shape index (κ2) is 7.61. The molecule has 0 aromatic rings. The van der Waals surface area contributed by atoms with Crippen molar-refractivity contribution in [3.8, 4) is 0 Å². The molecule has 0 amide bonds. The molecule has 3 unspecified atom stereocenters. The van der Waals surface area contributed by atoms with Gasteiger partial charge in [0.2, 0.25) is 0 Å². The molecular weight excluding hydrogens is 234 g/mol. The molecule has 1 saturated heterocycles. The molecule has 0 bridgehead atoms. The molecule has 3 heteroatoms. The summed E-state index contributed by atoms with van der Waals surface area (Å²) in [5.41, 5.74) is 0. The quantitative estimate of drug-likeness (QED) is 0.680. The first-order chi connectivity index (χ1) is 9.26. The Kier molecular flexibility index (Phi) is 6.11. The van der Waals surface area contributed by atoms with Crippen LogP contribution >= 0.6 is 0 Å². The molecule has 19 heavy (non-hydrogen) atoms. The fourth-order valence-corrected chi connectivity index (χ4v) is 3.82. The summed E-state index contributed by atoms with van der Waals surface area (Å²) in [6.07, 6.45) is 6.89. The lowest BCUT2D eigenvalue weighted by atomic mass is 9.78. The summed E-state index contributed by atoms with van der Waals surface area (Å²) in [4.78, 5) is 5.32. The third kappa shape index (κ3) is 3.93. The number of likely N-dealkylation sites (N-methyl/N-ethyl adjacent to an activating group) is 2. The monoisotopic (exact) mass is 267 g/mol. The summed E-state index contributed by atoms with van der Waals surface area (Å²) in [5.74, 6) is 0.896. The van der Waals surface area contributed by atoms with E-state index in [9.17, 15) is 0 Å². The first-order valence-corrected chi connectivity index (χ1v) is 8.41. The predicted molar refractivity (Wildman–Crippen MR) is 82.6 cm³/mol. The van der Waals surface area contributed by atoms with Crippen molar-refractivity contribution in [3.63, 3.8) is 0 Å². The number of hydrogen-bond acceptors (Lipinski definition) is 3. The highest BCUT2D eigenvalue weighted by Crippen LogP contribution is 2.32. The fourth-order valence-electron chi connectivity index (χ4n) is 3.82. The van der Waals surface area contributed by atoms with Crippen LogP contribution in [-0.2, 0) is 0 Å². The van der Waals surface area contributed by atoms with E-state index in [1.165, 1.54) is 64.8 Å². The Hall–Kier alpha value is -0.120. The normalized spacial score (nSPS) is 31.9. The van der Waals surface area contributed by atoms with Gasteiger partial charge in [-0.1, -0.05) is 13.8 Å². The molecule has 0 aromatic carbocycles. The van der Waals surface area contributed by atoms with Gasteiger partial charge in [-0.15, -0.1) is 0 Å². The average molecular weight is 267 g/mol. The Morgan fingerprint density at radius 2 is 2.05 bits per heavy atom. The second-order valence-electron chi connectivity index (χ2n) is 6.47. The molecule has 1 N–H and O–H groups in total. The van der Waals surface area contributed by atoms with E-state index in [4.69, 9.17) is 0 Å². The first-order valence-electron chi connectivity index (χ1n) is 8.41. The van der Waals surface area contributed by atoms with Crippen molar-refractivity contribution >= 4 is 0 Å².